The lowest BCUT2D eigenvalue weighted by Gasteiger charge is -2.19. The third kappa shape index (κ3) is 4.96. The number of carbonyl (C=O) groups is 2. The van der Waals surface area contributed by atoms with Crippen LogP contribution in [0, 0.1) is 0 Å². The van der Waals surface area contributed by atoms with Gasteiger partial charge in [0.05, 0.1) is 22.3 Å². The molecule has 2 amide bonds. The van der Waals surface area contributed by atoms with Gasteiger partial charge in [-0.3, -0.25) is 9.59 Å². The molecule has 0 aliphatic carbocycles. The van der Waals surface area contributed by atoms with E-state index in [9.17, 15) is 9.59 Å². The standard InChI is InChI=1S/C16H16BrClN2O3S/c1-20(9-10-7-11(18)3-4-12(10)23-2)15(21)8-19-16(22)13-5-6-14(17)24-13/h3-7H,8-9H2,1-2H3,(H,19,22). The molecule has 0 spiro atoms. The van der Waals surface area contributed by atoms with E-state index < -0.39 is 0 Å². The molecule has 24 heavy (non-hydrogen) atoms. The molecule has 0 fully saturated rings. The number of methoxy groups -OCH3 is 1. The van der Waals surface area contributed by atoms with Gasteiger partial charge in [-0.05, 0) is 46.3 Å². The average molecular weight is 432 g/mol. The van der Waals surface area contributed by atoms with Gasteiger partial charge in [0.1, 0.15) is 5.75 Å². The first-order valence-corrected chi connectivity index (χ1v) is 8.99. The summed E-state index contributed by atoms with van der Waals surface area (Å²) in [5.41, 5.74) is 0.800. The lowest BCUT2D eigenvalue weighted by Crippen LogP contribution is -2.37. The van der Waals surface area contributed by atoms with Gasteiger partial charge in [0, 0.05) is 24.2 Å². The number of rotatable bonds is 6. The number of carbonyl (C=O) groups excluding carboxylic acids is 2. The molecule has 2 aromatic rings. The molecule has 1 aromatic carbocycles. The van der Waals surface area contributed by atoms with E-state index >= 15 is 0 Å². The molecule has 1 N–H and O–H groups in total. The number of amides is 2. The zero-order valence-electron chi connectivity index (χ0n) is 13.1. The maximum atomic E-state index is 12.2. The van der Waals surface area contributed by atoms with E-state index in [2.05, 4.69) is 21.2 Å². The van der Waals surface area contributed by atoms with Gasteiger partial charge in [-0.25, -0.2) is 0 Å². The Morgan fingerprint density at radius 3 is 2.71 bits per heavy atom. The number of thiophene rings is 1. The van der Waals surface area contributed by atoms with E-state index in [0.717, 1.165) is 9.35 Å². The van der Waals surface area contributed by atoms with Crippen LogP contribution in [0.4, 0.5) is 0 Å². The number of hydrogen-bond donors (Lipinski definition) is 1. The Morgan fingerprint density at radius 2 is 2.08 bits per heavy atom. The average Bonchev–Trinajstić information content (AvgIpc) is 2.99. The molecular weight excluding hydrogens is 416 g/mol. The van der Waals surface area contributed by atoms with Crippen LogP contribution >= 0.6 is 38.9 Å². The molecule has 5 nitrogen and oxygen atoms in total. The van der Waals surface area contributed by atoms with Crippen molar-refractivity contribution in [2.24, 2.45) is 0 Å². The topological polar surface area (TPSA) is 58.6 Å². The van der Waals surface area contributed by atoms with Crippen molar-refractivity contribution < 1.29 is 14.3 Å². The van der Waals surface area contributed by atoms with Gasteiger partial charge in [0.2, 0.25) is 5.91 Å². The molecule has 0 aliphatic heterocycles. The lowest BCUT2D eigenvalue weighted by molar-refractivity contribution is -0.129. The van der Waals surface area contributed by atoms with Crippen molar-refractivity contribution in [2.45, 2.75) is 6.54 Å². The van der Waals surface area contributed by atoms with E-state index in [4.69, 9.17) is 16.3 Å². The van der Waals surface area contributed by atoms with Crippen LogP contribution in [-0.2, 0) is 11.3 Å². The molecule has 0 radical (unpaired) electrons. The van der Waals surface area contributed by atoms with Gasteiger partial charge < -0.3 is 15.0 Å². The SMILES string of the molecule is COc1ccc(Cl)cc1CN(C)C(=O)CNC(=O)c1ccc(Br)s1. The second-order valence-corrected chi connectivity index (χ2v) is 7.89. The Morgan fingerprint density at radius 1 is 1.33 bits per heavy atom. The summed E-state index contributed by atoms with van der Waals surface area (Å²) in [6.07, 6.45) is 0. The second kappa shape index (κ2) is 8.50. The summed E-state index contributed by atoms with van der Waals surface area (Å²) in [6, 6.07) is 8.73. The van der Waals surface area contributed by atoms with Crippen LogP contribution < -0.4 is 10.1 Å². The summed E-state index contributed by atoms with van der Waals surface area (Å²) in [5, 5.41) is 3.19. The van der Waals surface area contributed by atoms with Gasteiger partial charge in [0.25, 0.3) is 5.91 Å². The Hall–Kier alpha value is -1.57. The number of halogens is 2. The van der Waals surface area contributed by atoms with Crippen molar-refractivity contribution in [3.63, 3.8) is 0 Å². The Balaban J connectivity index is 1.93. The summed E-state index contributed by atoms with van der Waals surface area (Å²) in [7, 11) is 3.23. The first-order valence-electron chi connectivity index (χ1n) is 7.00. The molecule has 0 unspecified atom stereocenters. The number of nitrogens with zero attached hydrogens (tertiary/aromatic N) is 1. The van der Waals surface area contributed by atoms with Crippen LogP contribution in [-0.4, -0.2) is 37.4 Å². The highest BCUT2D eigenvalue weighted by atomic mass is 79.9. The van der Waals surface area contributed by atoms with Crippen LogP contribution in [0.5, 0.6) is 5.75 Å². The highest BCUT2D eigenvalue weighted by molar-refractivity contribution is 9.11. The third-order valence-electron chi connectivity index (χ3n) is 3.27. The zero-order valence-corrected chi connectivity index (χ0v) is 16.3. The minimum absolute atomic E-state index is 0.0757. The van der Waals surface area contributed by atoms with E-state index in [1.54, 1.807) is 44.5 Å². The van der Waals surface area contributed by atoms with Crippen LogP contribution in [0.25, 0.3) is 0 Å². The van der Waals surface area contributed by atoms with Crippen LogP contribution in [0.1, 0.15) is 15.2 Å². The summed E-state index contributed by atoms with van der Waals surface area (Å²) in [4.78, 5) is 26.2. The molecular formula is C16H16BrClN2O3S. The van der Waals surface area contributed by atoms with Crippen LogP contribution in [0.15, 0.2) is 34.1 Å². The number of ether oxygens (including phenoxy) is 1. The fourth-order valence-corrected chi connectivity index (χ4v) is 3.53. The van der Waals surface area contributed by atoms with E-state index in [1.165, 1.54) is 16.2 Å². The van der Waals surface area contributed by atoms with Crippen molar-refractivity contribution in [1.29, 1.82) is 0 Å². The summed E-state index contributed by atoms with van der Waals surface area (Å²) in [5.74, 6) is 0.181. The first kappa shape index (κ1) is 18.8. The number of nitrogens with one attached hydrogen (secondary N) is 1. The van der Waals surface area contributed by atoms with Gasteiger partial charge in [-0.15, -0.1) is 11.3 Å². The molecule has 0 saturated carbocycles. The van der Waals surface area contributed by atoms with E-state index in [1.807, 2.05) is 0 Å². The van der Waals surface area contributed by atoms with Crippen molar-refractivity contribution >= 4 is 50.7 Å². The van der Waals surface area contributed by atoms with E-state index in [0.29, 0.717) is 22.2 Å². The largest absolute Gasteiger partial charge is 0.496 e. The minimum atomic E-state index is -0.271. The number of hydrogen-bond acceptors (Lipinski definition) is 4. The molecule has 128 valence electrons. The lowest BCUT2D eigenvalue weighted by atomic mass is 10.2. The second-order valence-electron chi connectivity index (χ2n) is 4.99. The van der Waals surface area contributed by atoms with E-state index in [-0.39, 0.29) is 18.4 Å². The molecule has 1 aromatic heterocycles. The highest BCUT2D eigenvalue weighted by Crippen LogP contribution is 2.24. The Bertz CT molecular complexity index is 751. The van der Waals surface area contributed by atoms with Gasteiger partial charge in [-0.2, -0.15) is 0 Å². The fourth-order valence-electron chi connectivity index (χ4n) is 2.03. The summed E-state index contributed by atoms with van der Waals surface area (Å²) in [6.45, 7) is 0.261. The zero-order chi connectivity index (χ0) is 17.7. The highest BCUT2D eigenvalue weighted by Gasteiger charge is 2.15. The molecule has 1 heterocycles. The first-order chi connectivity index (χ1) is 11.4. The quantitative estimate of drug-likeness (QED) is 0.761. The fraction of sp³-hybridized carbons (Fsp3) is 0.250. The Kier molecular flexibility index (Phi) is 6.65. The predicted molar refractivity (Wildman–Crippen MR) is 98.8 cm³/mol. The molecule has 0 bridgehead atoms. The minimum Gasteiger partial charge on any atom is -0.496 e. The van der Waals surface area contributed by atoms with Gasteiger partial charge in [-0.1, -0.05) is 11.6 Å². The third-order valence-corrected chi connectivity index (χ3v) is 5.13. The number of benzene rings is 1. The van der Waals surface area contributed by atoms with Crippen molar-refractivity contribution in [2.75, 3.05) is 20.7 Å². The molecule has 0 saturated heterocycles. The van der Waals surface area contributed by atoms with Crippen molar-refractivity contribution in [1.82, 2.24) is 10.2 Å². The smallest absolute Gasteiger partial charge is 0.261 e. The normalized spacial score (nSPS) is 10.3. The van der Waals surface area contributed by atoms with Gasteiger partial charge in [0.15, 0.2) is 0 Å². The van der Waals surface area contributed by atoms with Crippen molar-refractivity contribution in [3.8, 4) is 5.75 Å². The molecule has 0 atom stereocenters. The van der Waals surface area contributed by atoms with Gasteiger partial charge >= 0.3 is 0 Å². The maximum Gasteiger partial charge on any atom is 0.261 e. The number of likely N-dealkylation sites (N-methyl/N-ethyl adjacent to an activating group) is 1. The van der Waals surface area contributed by atoms with Crippen molar-refractivity contribution in [3.05, 3.63) is 49.6 Å². The molecule has 2 rings (SSSR count). The Labute approximate surface area is 157 Å². The molecule has 8 heteroatoms. The monoisotopic (exact) mass is 430 g/mol. The molecule has 0 aliphatic rings. The van der Waals surface area contributed by atoms with Crippen LogP contribution in [0.3, 0.4) is 0 Å². The summed E-state index contributed by atoms with van der Waals surface area (Å²) >= 11 is 10.6. The maximum absolute atomic E-state index is 12.2. The van der Waals surface area contributed by atoms with Crippen LogP contribution in [0.2, 0.25) is 5.02 Å². The summed E-state index contributed by atoms with van der Waals surface area (Å²) < 4.78 is 6.13. The predicted octanol–water partition coefficient (Wildman–Crippen LogP) is 3.56.